The number of hydrogen-bond donors (Lipinski definition) is 0. The Hall–Kier alpha value is -1.24. The molecule has 0 radical (unpaired) electrons. The summed E-state index contributed by atoms with van der Waals surface area (Å²) in [5.74, 6) is 0.809. The third-order valence-electron chi connectivity index (χ3n) is 2.07. The standard InChI is InChI=1S/C11H14N2O.ClH/c1-13(2)11(8-12)9-4-6-10(14-3)7-5-9;/h4-7,11H,1-3H3;1H. The second-order valence-corrected chi connectivity index (χ2v) is 3.27. The average Bonchev–Trinajstić information content (AvgIpc) is 2.19. The first-order chi connectivity index (χ1) is 6.69. The van der Waals surface area contributed by atoms with E-state index < -0.39 is 0 Å². The van der Waals surface area contributed by atoms with Crippen molar-refractivity contribution < 1.29 is 4.74 Å². The predicted molar refractivity (Wildman–Crippen MR) is 62.3 cm³/mol. The molecular weight excluding hydrogens is 212 g/mol. The molecule has 0 saturated heterocycles. The van der Waals surface area contributed by atoms with Crippen molar-refractivity contribution in [3.8, 4) is 11.8 Å². The molecule has 0 aliphatic carbocycles. The maximum absolute atomic E-state index is 8.95. The number of ether oxygens (including phenoxy) is 1. The summed E-state index contributed by atoms with van der Waals surface area (Å²) in [5.41, 5.74) is 0.985. The molecule has 0 heterocycles. The lowest BCUT2D eigenvalue weighted by Crippen LogP contribution is -2.18. The van der Waals surface area contributed by atoms with E-state index in [0.29, 0.717) is 0 Å². The highest BCUT2D eigenvalue weighted by atomic mass is 35.5. The molecule has 0 fully saturated rings. The molecule has 0 saturated carbocycles. The average molecular weight is 227 g/mol. The van der Waals surface area contributed by atoms with Crippen LogP contribution in [0.5, 0.6) is 5.75 Å². The van der Waals surface area contributed by atoms with Gasteiger partial charge in [-0.1, -0.05) is 12.1 Å². The highest BCUT2D eigenvalue weighted by Gasteiger charge is 2.12. The number of hydrogen-bond acceptors (Lipinski definition) is 3. The molecule has 1 aromatic rings. The fraction of sp³-hybridized carbons (Fsp3) is 0.364. The Morgan fingerprint density at radius 2 is 1.80 bits per heavy atom. The Morgan fingerprint density at radius 3 is 2.13 bits per heavy atom. The zero-order valence-electron chi connectivity index (χ0n) is 9.10. The Labute approximate surface area is 96.7 Å². The Bertz CT molecular complexity index is 329. The van der Waals surface area contributed by atoms with Gasteiger partial charge in [0.05, 0.1) is 13.2 Å². The van der Waals surface area contributed by atoms with Gasteiger partial charge in [-0.3, -0.25) is 4.90 Å². The summed E-state index contributed by atoms with van der Waals surface area (Å²) in [7, 11) is 5.40. The van der Waals surface area contributed by atoms with Crippen molar-refractivity contribution in [1.29, 1.82) is 5.26 Å². The summed E-state index contributed by atoms with van der Waals surface area (Å²) >= 11 is 0. The fourth-order valence-corrected chi connectivity index (χ4v) is 1.27. The minimum atomic E-state index is -0.194. The molecule has 1 aromatic carbocycles. The van der Waals surface area contributed by atoms with E-state index in [1.807, 2.05) is 43.3 Å². The van der Waals surface area contributed by atoms with E-state index in [0.717, 1.165) is 11.3 Å². The quantitative estimate of drug-likeness (QED) is 0.793. The van der Waals surface area contributed by atoms with Gasteiger partial charge in [0.2, 0.25) is 0 Å². The molecule has 15 heavy (non-hydrogen) atoms. The van der Waals surface area contributed by atoms with E-state index in [4.69, 9.17) is 10.00 Å². The van der Waals surface area contributed by atoms with Gasteiger partial charge in [0.25, 0.3) is 0 Å². The number of rotatable bonds is 3. The number of halogens is 1. The summed E-state index contributed by atoms with van der Waals surface area (Å²) in [6.07, 6.45) is 0. The van der Waals surface area contributed by atoms with Crippen LogP contribution in [-0.2, 0) is 0 Å². The molecule has 0 aliphatic rings. The van der Waals surface area contributed by atoms with Crippen LogP contribution in [-0.4, -0.2) is 26.1 Å². The first-order valence-corrected chi connectivity index (χ1v) is 4.39. The zero-order chi connectivity index (χ0) is 10.6. The van der Waals surface area contributed by atoms with Crippen molar-refractivity contribution in [2.75, 3.05) is 21.2 Å². The largest absolute Gasteiger partial charge is 0.497 e. The molecule has 1 unspecified atom stereocenters. The first-order valence-electron chi connectivity index (χ1n) is 4.39. The van der Waals surface area contributed by atoms with E-state index in [1.54, 1.807) is 7.11 Å². The van der Waals surface area contributed by atoms with Gasteiger partial charge in [0, 0.05) is 0 Å². The van der Waals surface area contributed by atoms with Crippen LogP contribution in [0.4, 0.5) is 0 Å². The monoisotopic (exact) mass is 226 g/mol. The smallest absolute Gasteiger partial charge is 0.123 e. The van der Waals surface area contributed by atoms with Crippen molar-refractivity contribution in [3.63, 3.8) is 0 Å². The van der Waals surface area contributed by atoms with Gasteiger partial charge < -0.3 is 4.74 Å². The lowest BCUT2D eigenvalue weighted by atomic mass is 10.1. The van der Waals surface area contributed by atoms with Crippen molar-refractivity contribution in [3.05, 3.63) is 29.8 Å². The van der Waals surface area contributed by atoms with E-state index in [9.17, 15) is 0 Å². The van der Waals surface area contributed by atoms with E-state index >= 15 is 0 Å². The molecular formula is C11H15ClN2O. The molecule has 3 nitrogen and oxygen atoms in total. The summed E-state index contributed by atoms with van der Waals surface area (Å²) in [6.45, 7) is 0. The SMILES string of the molecule is COc1ccc(C(C#N)N(C)C)cc1.Cl. The van der Waals surface area contributed by atoms with E-state index in [2.05, 4.69) is 6.07 Å². The van der Waals surface area contributed by atoms with E-state index in [1.165, 1.54) is 0 Å². The molecule has 82 valence electrons. The van der Waals surface area contributed by atoms with Crippen LogP contribution in [0.3, 0.4) is 0 Å². The fourth-order valence-electron chi connectivity index (χ4n) is 1.27. The zero-order valence-corrected chi connectivity index (χ0v) is 9.91. The molecule has 4 heteroatoms. The predicted octanol–water partition coefficient (Wildman–Crippen LogP) is 2.24. The van der Waals surface area contributed by atoms with Crippen molar-refractivity contribution in [2.45, 2.75) is 6.04 Å². The van der Waals surface area contributed by atoms with Crippen LogP contribution in [0, 0.1) is 11.3 Å². The summed E-state index contributed by atoms with van der Waals surface area (Å²) in [6, 6.07) is 9.59. The van der Waals surface area contributed by atoms with Crippen LogP contribution in [0.15, 0.2) is 24.3 Å². The van der Waals surface area contributed by atoms with Gasteiger partial charge in [0.15, 0.2) is 0 Å². The molecule has 0 bridgehead atoms. The van der Waals surface area contributed by atoms with E-state index in [-0.39, 0.29) is 18.4 Å². The molecule has 1 rings (SSSR count). The Balaban J connectivity index is 0.00000196. The highest BCUT2D eigenvalue weighted by molar-refractivity contribution is 5.85. The molecule has 1 atom stereocenters. The minimum absolute atomic E-state index is 0. The van der Waals surface area contributed by atoms with Gasteiger partial charge in [-0.15, -0.1) is 12.4 Å². The second kappa shape index (κ2) is 6.28. The van der Waals surface area contributed by atoms with Crippen LogP contribution < -0.4 is 4.74 Å². The summed E-state index contributed by atoms with van der Waals surface area (Å²) < 4.78 is 5.05. The van der Waals surface area contributed by atoms with Crippen molar-refractivity contribution in [1.82, 2.24) is 4.90 Å². The molecule has 0 amide bonds. The topological polar surface area (TPSA) is 36.3 Å². The second-order valence-electron chi connectivity index (χ2n) is 3.27. The van der Waals surface area contributed by atoms with Gasteiger partial charge in [-0.05, 0) is 31.8 Å². The number of methoxy groups -OCH3 is 1. The lowest BCUT2D eigenvalue weighted by Gasteiger charge is -2.17. The number of nitrogens with zero attached hydrogens (tertiary/aromatic N) is 2. The lowest BCUT2D eigenvalue weighted by molar-refractivity contribution is 0.357. The van der Waals surface area contributed by atoms with Crippen molar-refractivity contribution >= 4 is 12.4 Å². The molecule has 0 spiro atoms. The molecule has 0 N–H and O–H groups in total. The van der Waals surface area contributed by atoms with Crippen LogP contribution in [0.1, 0.15) is 11.6 Å². The maximum Gasteiger partial charge on any atom is 0.123 e. The minimum Gasteiger partial charge on any atom is -0.497 e. The number of benzene rings is 1. The Morgan fingerprint density at radius 1 is 1.27 bits per heavy atom. The first kappa shape index (κ1) is 13.8. The van der Waals surface area contributed by atoms with Crippen molar-refractivity contribution in [2.24, 2.45) is 0 Å². The number of nitriles is 1. The highest BCUT2D eigenvalue weighted by Crippen LogP contribution is 2.20. The third-order valence-corrected chi connectivity index (χ3v) is 2.07. The Kier molecular flexibility index (Phi) is 5.76. The van der Waals surface area contributed by atoms with Crippen LogP contribution >= 0.6 is 12.4 Å². The molecule has 0 aromatic heterocycles. The maximum atomic E-state index is 8.95. The normalized spacial score (nSPS) is 11.4. The van der Waals surface area contributed by atoms with Gasteiger partial charge in [0.1, 0.15) is 11.8 Å². The molecule has 0 aliphatic heterocycles. The summed E-state index contributed by atoms with van der Waals surface area (Å²) in [5, 5.41) is 8.95. The van der Waals surface area contributed by atoms with Crippen LogP contribution in [0.25, 0.3) is 0 Å². The summed E-state index contributed by atoms with van der Waals surface area (Å²) in [4.78, 5) is 1.88. The third kappa shape index (κ3) is 3.43. The van der Waals surface area contributed by atoms with Gasteiger partial charge in [-0.25, -0.2) is 0 Å². The van der Waals surface area contributed by atoms with Crippen LogP contribution in [0.2, 0.25) is 0 Å². The van der Waals surface area contributed by atoms with Gasteiger partial charge in [-0.2, -0.15) is 5.26 Å². The van der Waals surface area contributed by atoms with Gasteiger partial charge >= 0.3 is 0 Å².